The van der Waals surface area contributed by atoms with E-state index in [1.807, 2.05) is 98.2 Å². The molecule has 0 aliphatic rings. The highest BCUT2D eigenvalue weighted by molar-refractivity contribution is 5.83. The second kappa shape index (κ2) is 13.6. The standard InChI is InChI=1S/C31H36N4O3/c1-35(22-24-12-6-3-7-13-24)31(38)29(18-23-10-4-2-5-11-23)33-17-16-32-26(20-30(36)37)19-25-21-34-28-15-9-8-14-27(25)28/h2-15,21,26,29,32-34H,16-20,22H2,1H3,(H,36,37)/t26-,29-/m0/s1. The number of hydrogen-bond acceptors (Lipinski definition) is 4. The van der Waals surface area contributed by atoms with E-state index in [1.165, 1.54) is 0 Å². The maximum Gasteiger partial charge on any atom is 0.304 e. The summed E-state index contributed by atoms with van der Waals surface area (Å²) in [5, 5.41) is 17.4. The van der Waals surface area contributed by atoms with Gasteiger partial charge in [0.05, 0.1) is 12.5 Å². The lowest BCUT2D eigenvalue weighted by Gasteiger charge is -2.25. The molecule has 0 unspecified atom stereocenters. The van der Waals surface area contributed by atoms with Crippen LogP contribution in [-0.4, -0.2) is 59.1 Å². The van der Waals surface area contributed by atoms with Crippen LogP contribution in [0.15, 0.2) is 91.1 Å². The lowest BCUT2D eigenvalue weighted by atomic mass is 10.0. The van der Waals surface area contributed by atoms with E-state index in [0.717, 1.165) is 27.6 Å². The molecule has 1 amide bonds. The molecule has 0 radical (unpaired) electrons. The molecule has 0 bridgehead atoms. The van der Waals surface area contributed by atoms with E-state index < -0.39 is 5.97 Å². The summed E-state index contributed by atoms with van der Waals surface area (Å²) in [5.74, 6) is -0.812. The molecular formula is C31H36N4O3. The van der Waals surface area contributed by atoms with E-state index in [4.69, 9.17) is 0 Å². The maximum absolute atomic E-state index is 13.4. The fourth-order valence-corrected chi connectivity index (χ4v) is 4.81. The van der Waals surface area contributed by atoms with Crippen LogP contribution in [0.3, 0.4) is 0 Å². The van der Waals surface area contributed by atoms with Gasteiger partial charge in [-0.2, -0.15) is 0 Å². The van der Waals surface area contributed by atoms with Gasteiger partial charge in [0.2, 0.25) is 5.91 Å². The first-order valence-corrected chi connectivity index (χ1v) is 13.1. The van der Waals surface area contributed by atoms with E-state index >= 15 is 0 Å². The average molecular weight is 513 g/mol. The van der Waals surface area contributed by atoms with Gasteiger partial charge in [0.1, 0.15) is 0 Å². The van der Waals surface area contributed by atoms with Gasteiger partial charge in [0, 0.05) is 49.8 Å². The van der Waals surface area contributed by atoms with Crippen LogP contribution < -0.4 is 10.6 Å². The predicted molar refractivity (Wildman–Crippen MR) is 151 cm³/mol. The van der Waals surface area contributed by atoms with Crippen molar-refractivity contribution in [2.45, 2.75) is 37.9 Å². The Balaban J connectivity index is 1.37. The molecule has 4 rings (SSSR count). The Morgan fingerprint density at radius 1 is 0.842 bits per heavy atom. The van der Waals surface area contributed by atoms with E-state index in [0.29, 0.717) is 32.5 Å². The lowest BCUT2D eigenvalue weighted by Crippen LogP contribution is -2.48. The van der Waals surface area contributed by atoms with Gasteiger partial charge in [-0.05, 0) is 35.6 Å². The Labute approximate surface area is 223 Å². The van der Waals surface area contributed by atoms with Crippen LogP contribution in [0.2, 0.25) is 0 Å². The van der Waals surface area contributed by atoms with Crippen molar-refractivity contribution >= 4 is 22.8 Å². The number of nitrogens with zero attached hydrogens (tertiary/aromatic N) is 1. The molecule has 7 heteroatoms. The van der Waals surface area contributed by atoms with Crippen molar-refractivity contribution in [3.05, 3.63) is 108 Å². The molecule has 0 fully saturated rings. The minimum atomic E-state index is -0.838. The van der Waals surface area contributed by atoms with Crippen LogP contribution in [0.5, 0.6) is 0 Å². The molecule has 0 saturated carbocycles. The van der Waals surface area contributed by atoms with E-state index in [-0.39, 0.29) is 24.4 Å². The van der Waals surface area contributed by atoms with Gasteiger partial charge < -0.3 is 25.6 Å². The highest BCUT2D eigenvalue weighted by Crippen LogP contribution is 2.19. The van der Waals surface area contributed by atoms with Gasteiger partial charge in [0.25, 0.3) is 0 Å². The van der Waals surface area contributed by atoms with Crippen molar-refractivity contribution in [1.82, 2.24) is 20.5 Å². The highest BCUT2D eigenvalue weighted by atomic mass is 16.4. The first-order chi connectivity index (χ1) is 18.5. The molecule has 3 aromatic carbocycles. The maximum atomic E-state index is 13.4. The smallest absolute Gasteiger partial charge is 0.304 e. The summed E-state index contributed by atoms with van der Waals surface area (Å²) in [7, 11) is 1.83. The summed E-state index contributed by atoms with van der Waals surface area (Å²) in [6, 6.07) is 27.4. The Morgan fingerprint density at radius 3 is 2.18 bits per heavy atom. The van der Waals surface area contributed by atoms with Crippen LogP contribution in [0, 0.1) is 0 Å². The fraction of sp³-hybridized carbons (Fsp3) is 0.290. The summed E-state index contributed by atoms with van der Waals surface area (Å²) in [5.41, 5.74) is 4.30. The molecule has 0 aliphatic carbocycles. The van der Waals surface area contributed by atoms with Crippen molar-refractivity contribution in [3.63, 3.8) is 0 Å². The Bertz CT molecular complexity index is 1310. The van der Waals surface area contributed by atoms with Gasteiger partial charge in [-0.1, -0.05) is 78.9 Å². The molecule has 0 saturated heterocycles. The number of carboxylic acid groups (broad SMARTS) is 1. The van der Waals surface area contributed by atoms with Gasteiger partial charge in [-0.25, -0.2) is 0 Å². The molecule has 4 N–H and O–H groups in total. The fourth-order valence-electron chi connectivity index (χ4n) is 4.81. The number of rotatable bonds is 14. The van der Waals surface area contributed by atoms with Crippen LogP contribution in [0.25, 0.3) is 10.9 Å². The molecule has 198 valence electrons. The number of likely N-dealkylation sites (N-methyl/N-ethyl adjacent to an activating group) is 1. The van der Waals surface area contributed by atoms with Gasteiger partial charge in [-0.15, -0.1) is 0 Å². The molecule has 0 spiro atoms. The zero-order chi connectivity index (χ0) is 26.7. The number of carboxylic acids is 1. The van der Waals surface area contributed by atoms with Crippen LogP contribution >= 0.6 is 0 Å². The summed E-state index contributed by atoms with van der Waals surface area (Å²) < 4.78 is 0. The first kappa shape index (κ1) is 27.1. The number of para-hydroxylation sites is 1. The van der Waals surface area contributed by atoms with Crippen molar-refractivity contribution in [1.29, 1.82) is 0 Å². The molecule has 1 aromatic heterocycles. The number of aromatic amines is 1. The summed E-state index contributed by atoms with van der Waals surface area (Å²) in [6.07, 6.45) is 3.15. The number of benzene rings is 3. The third kappa shape index (κ3) is 7.78. The number of carbonyl (C=O) groups is 2. The third-order valence-electron chi connectivity index (χ3n) is 6.73. The van der Waals surface area contributed by atoms with Gasteiger partial charge in [0.15, 0.2) is 0 Å². The minimum Gasteiger partial charge on any atom is -0.481 e. The monoisotopic (exact) mass is 512 g/mol. The quantitative estimate of drug-likeness (QED) is 0.192. The number of carbonyl (C=O) groups excluding carboxylic acids is 1. The molecular weight excluding hydrogens is 476 g/mol. The number of amides is 1. The zero-order valence-corrected chi connectivity index (χ0v) is 21.8. The Morgan fingerprint density at radius 2 is 1.47 bits per heavy atom. The summed E-state index contributed by atoms with van der Waals surface area (Å²) >= 11 is 0. The van der Waals surface area contributed by atoms with E-state index in [2.05, 4.69) is 15.6 Å². The molecule has 2 atom stereocenters. The second-order valence-electron chi connectivity index (χ2n) is 9.69. The topological polar surface area (TPSA) is 97.5 Å². The first-order valence-electron chi connectivity index (χ1n) is 13.1. The molecule has 38 heavy (non-hydrogen) atoms. The van der Waals surface area contributed by atoms with Gasteiger partial charge in [-0.3, -0.25) is 9.59 Å². The van der Waals surface area contributed by atoms with E-state index in [1.54, 1.807) is 4.90 Å². The molecule has 4 aromatic rings. The number of nitrogens with one attached hydrogen (secondary N) is 3. The molecule has 0 aliphatic heterocycles. The van der Waals surface area contributed by atoms with Crippen molar-refractivity contribution < 1.29 is 14.7 Å². The number of aliphatic carboxylic acids is 1. The third-order valence-corrected chi connectivity index (χ3v) is 6.73. The predicted octanol–water partition coefficient (Wildman–Crippen LogP) is 4.00. The second-order valence-corrected chi connectivity index (χ2v) is 9.69. The van der Waals surface area contributed by atoms with Crippen molar-refractivity contribution in [3.8, 4) is 0 Å². The zero-order valence-electron chi connectivity index (χ0n) is 21.8. The highest BCUT2D eigenvalue weighted by Gasteiger charge is 2.23. The SMILES string of the molecule is CN(Cc1ccccc1)C(=O)[C@H](Cc1ccccc1)NCCN[C@H](CC(=O)O)Cc1c[nH]c2ccccc12. The Hall–Kier alpha value is -3.94. The molecule has 1 heterocycles. The van der Waals surface area contributed by atoms with Crippen molar-refractivity contribution in [2.75, 3.05) is 20.1 Å². The molecule has 7 nitrogen and oxygen atoms in total. The normalized spacial score (nSPS) is 12.8. The Kier molecular flexibility index (Phi) is 9.67. The summed E-state index contributed by atoms with van der Waals surface area (Å²) in [6.45, 7) is 1.61. The van der Waals surface area contributed by atoms with Crippen LogP contribution in [0.1, 0.15) is 23.1 Å². The lowest BCUT2D eigenvalue weighted by molar-refractivity contribution is -0.137. The van der Waals surface area contributed by atoms with Crippen molar-refractivity contribution in [2.24, 2.45) is 0 Å². The number of hydrogen-bond donors (Lipinski definition) is 4. The van der Waals surface area contributed by atoms with Crippen LogP contribution in [0.4, 0.5) is 0 Å². The average Bonchev–Trinajstić information content (AvgIpc) is 3.33. The number of fused-ring (bicyclic) bond motifs is 1. The largest absolute Gasteiger partial charge is 0.481 e. The minimum absolute atomic E-state index is 0.0195. The number of aromatic nitrogens is 1. The van der Waals surface area contributed by atoms with Crippen LogP contribution in [-0.2, 0) is 29.0 Å². The number of H-pyrrole nitrogens is 1. The van der Waals surface area contributed by atoms with Gasteiger partial charge >= 0.3 is 5.97 Å². The van der Waals surface area contributed by atoms with E-state index in [9.17, 15) is 14.7 Å². The summed E-state index contributed by atoms with van der Waals surface area (Å²) in [4.78, 5) is 30.0.